The van der Waals surface area contributed by atoms with Crippen molar-refractivity contribution in [2.45, 2.75) is 45.4 Å². The number of nitrogens with two attached hydrogens (primary N) is 1. The molecule has 0 bridgehead atoms. The Balaban J connectivity index is 2.02. The van der Waals surface area contributed by atoms with E-state index in [1.165, 1.54) is 4.88 Å². The van der Waals surface area contributed by atoms with E-state index in [0.717, 1.165) is 10.8 Å². The molecule has 1 saturated heterocycles. The van der Waals surface area contributed by atoms with E-state index in [-0.39, 0.29) is 12.1 Å². The second-order valence-electron chi connectivity index (χ2n) is 5.06. The molecule has 5 unspecified atom stereocenters. The van der Waals surface area contributed by atoms with Crippen LogP contribution in [0.4, 0.5) is 0 Å². The van der Waals surface area contributed by atoms with Crippen LogP contribution in [0.1, 0.15) is 25.6 Å². The van der Waals surface area contributed by atoms with Gasteiger partial charge in [0, 0.05) is 16.8 Å². The number of hydrogen-bond acceptors (Lipinski definition) is 3. The molecule has 0 aromatic carbocycles. The summed E-state index contributed by atoms with van der Waals surface area (Å²) in [7, 11) is 0. The van der Waals surface area contributed by atoms with Crippen LogP contribution in [0.2, 0.25) is 4.34 Å². The zero-order chi connectivity index (χ0) is 12.6. The highest BCUT2D eigenvalue weighted by atomic mass is 35.5. The van der Waals surface area contributed by atoms with Gasteiger partial charge in [-0.1, -0.05) is 18.5 Å². The molecular weight excluding hydrogens is 254 g/mol. The average Bonchev–Trinajstić information content (AvgIpc) is 2.73. The molecule has 0 radical (unpaired) electrons. The van der Waals surface area contributed by atoms with E-state index in [0.29, 0.717) is 17.9 Å². The molecule has 2 heterocycles. The Morgan fingerprint density at radius 1 is 1.35 bits per heavy atom. The number of hydrogen-bond donors (Lipinski definition) is 1. The fourth-order valence-corrected chi connectivity index (χ4v) is 4.02. The molecule has 0 saturated carbocycles. The molecule has 2 nitrogen and oxygen atoms in total. The van der Waals surface area contributed by atoms with Crippen LogP contribution in [-0.2, 0) is 11.2 Å². The number of thiophene rings is 1. The Hall–Kier alpha value is -0.0900. The van der Waals surface area contributed by atoms with Crippen LogP contribution in [0.15, 0.2) is 12.1 Å². The minimum atomic E-state index is 0.152. The quantitative estimate of drug-likeness (QED) is 0.917. The van der Waals surface area contributed by atoms with Gasteiger partial charge in [0.2, 0.25) is 0 Å². The summed E-state index contributed by atoms with van der Waals surface area (Å²) in [5, 5.41) is 0. The molecule has 5 atom stereocenters. The molecule has 1 aliphatic heterocycles. The van der Waals surface area contributed by atoms with E-state index in [1.807, 2.05) is 6.07 Å². The summed E-state index contributed by atoms with van der Waals surface area (Å²) in [5.74, 6) is 0.960. The van der Waals surface area contributed by atoms with Gasteiger partial charge in [-0.3, -0.25) is 0 Å². The van der Waals surface area contributed by atoms with Gasteiger partial charge in [0.1, 0.15) is 0 Å². The van der Waals surface area contributed by atoms with E-state index in [9.17, 15) is 0 Å². The maximum absolute atomic E-state index is 6.35. The van der Waals surface area contributed by atoms with Crippen LogP contribution in [0.25, 0.3) is 0 Å². The van der Waals surface area contributed by atoms with Crippen LogP contribution in [0.5, 0.6) is 0 Å². The first-order valence-corrected chi connectivity index (χ1v) is 7.33. The van der Waals surface area contributed by atoms with Gasteiger partial charge >= 0.3 is 0 Å². The molecule has 96 valence electrons. The first-order chi connectivity index (χ1) is 7.99. The lowest BCUT2D eigenvalue weighted by molar-refractivity contribution is 0.0490. The summed E-state index contributed by atoms with van der Waals surface area (Å²) in [6, 6.07) is 4.16. The van der Waals surface area contributed by atoms with Gasteiger partial charge < -0.3 is 10.5 Å². The van der Waals surface area contributed by atoms with Gasteiger partial charge in [-0.2, -0.15) is 0 Å². The number of rotatable bonds is 3. The van der Waals surface area contributed by atoms with Crippen LogP contribution >= 0.6 is 22.9 Å². The van der Waals surface area contributed by atoms with Gasteiger partial charge in [0.25, 0.3) is 0 Å². The number of ether oxygens (including phenoxy) is 1. The molecule has 4 heteroatoms. The summed E-state index contributed by atoms with van der Waals surface area (Å²) in [5.41, 5.74) is 6.35. The van der Waals surface area contributed by atoms with E-state index in [4.69, 9.17) is 22.1 Å². The summed E-state index contributed by atoms with van der Waals surface area (Å²) in [4.78, 5) is 1.27. The molecule has 0 spiro atoms. The van der Waals surface area contributed by atoms with E-state index in [2.05, 4.69) is 26.8 Å². The van der Waals surface area contributed by atoms with Crippen LogP contribution in [-0.4, -0.2) is 18.2 Å². The summed E-state index contributed by atoms with van der Waals surface area (Å²) >= 11 is 7.56. The molecule has 2 N–H and O–H groups in total. The topological polar surface area (TPSA) is 35.2 Å². The highest BCUT2D eigenvalue weighted by Crippen LogP contribution is 2.35. The lowest BCUT2D eigenvalue weighted by Gasteiger charge is -2.25. The van der Waals surface area contributed by atoms with Crippen molar-refractivity contribution < 1.29 is 4.74 Å². The van der Waals surface area contributed by atoms with Gasteiger partial charge in [-0.25, -0.2) is 0 Å². The Morgan fingerprint density at radius 2 is 2.06 bits per heavy atom. The summed E-state index contributed by atoms with van der Waals surface area (Å²) in [6.45, 7) is 6.50. The van der Waals surface area contributed by atoms with Crippen LogP contribution < -0.4 is 5.73 Å². The van der Waals surface area contributed by atoms with Gasteiger partial charge in [-0.15, -0.1) is 11.3 Å². The van der Waals surface area contributed by atoms with Crippen molar-refractivity contribution in [2.24, 2.45) is 17.6 Å². The standard InChI is InChI=1S/C13H20ClNOS/c1-7-8(2)16-9(3)13(7)11(15)6-10-4-5-12(14)17-10/h4-5,7-9,11,13H,6,15H2,1-3H3. The predicted molar refractivity (Wildman–Crippen MR) is 73.7 cm³/mol. The smallest absolute Gasteiger partial charge is 0.0931 e. The van der Waals surface area contributed by atoms with Crippen molar-refractivity contribution in [1.82, 2.24) is 0 Å². The first-order valence-electron chi connectivity index (χ1n) is 6.14. The van der Waals surface area contributed by atoms with Crippen molar-refractivity contribution >= 4 is 22.9 Å². The SMILES string of the molecule is CC1OC(C)C(C(N)Cc2ccc(Cl)s2)C1C. The maximum atomic E-state index is 6.35. The van der Waals surface area contributed by atoms with Crippen molar-refractivity contribution in [1.29, 1.82) is 0 Å². The van der Waals surface area contributed by atoms with E-state index in [1.54, 1.807) is 11.3 Å². The normalized spacial score (nSPS) is 35.1. The third kappa shape index (κ3) is 2.84. The Labute approximate surface area is 112 Å². The average molecular weight is 274 g/mol. The highest BCUT2D eigenvalue weighted by molar-refractivity contribution is 7.16. The molecular formula is C13H20ClNOS. The highest BCUT2D eigenvalue weighted by Gasteiger charge is 2.40. The first kappa shape index (κ1) is 13.3. The van der Waals surface area contributed by atoms with Crippen molar-refractivity contribution in [3.63, 3.8) is 0 Å². The largest absolute Gasteiger partial charge is 0.375 e. The lowest BCUT2D eigenvalue weighted by atomic mass is 9.82. The summed E-state index contributed by atoms with van der Waals surface area (Å²) in [6.07, 6.45) is 1.46. The second-order valence-corrected chi connectivity index (χ2v) is 6.86. The zero-order valence-electron chi connectivity index (χ0n) is 10.5. The Bertz CT molecular complexity index is 381. The third-order valence-corrected chi connectivity index (χ3v) is 5.13. The molecule has 0 amide bonds. The van der Waals surface area contributed by atoms with Crippen molar-refractivity contribution in [3.8, 4) is 0 Å². The fraction of sp³-hybridized carbons (Fsp3) is 0.692. The van der Waals surface area contributed by atoms with E-state index < -0.39 is 0 Å². The Morgan fingerprint density at radius 3 is 2.53 bits per heavy atom. The zero-order valence-corrected chi connectivity index (χ0v) is 12.1. The third-order valence-electron chi connectivity index (χ3n) is 3.88. The van der Waals surface area contributed by atoms with E-state index >= 15 is 0 Å². The molecule has 1 aromatic heterocycles. The van der Waals surface area contributed by atoms with Crippen LogP contribution in [0, 0.1) is 11.8 Å². The Kier molecular flexibility index (Phi) is 4.14. The fourth-order valence-electron chi connectivity index (χ4n) is 2.86. The van der Waals surface area contributed by atoms with Crippen LogP contribution in [0.3, 0.4) is 0 Å². The van der Waals surface area contributed by atoms with Gasteiger partial charge in [-0.05, 0) is 38.3 Å². The molecule has 2 rings (SSSR count). The minimum Gasteiger partial charge on any atom is -0.375 e. The second kappa shape index (κ2) is 5.27. The van der Waals surface area contributed by atoms with Crippen molar-refractivity contribution in [3.05, 3.63) is 21.3 Å². The molecule has 1 aromatic rings. The molecule has 1 aliphatic rings. The maximum Gasteiger partial charge on any atom is 0.0931 e. The molecule has 0 aliphatic carbocycles. The molecule has 1 fully saturated rings. The minimum absolute atomic E-state index is 0.152. The lowest BCUT2D eigenvalue weighted by Crippen LogP contribution is -2.39. The van der Waals surface area contributed by atoms with Gasteiger partial charge in [0.05, 0.1) is 16.5 Å². The van der Waals surface area contributed by atoms with Crippen molar-refractivity contribution in [2.75, 3.05) is 0 Å². The molecule has 17 heavy (non-hydrogen) atoms. The van der Waals surface area contributed by atoms with Gasteiger partial charge in [0.15, 0.2) is 0 Å². The summed E-state index contributed by atoms with van der Waals surface area (Å²) < 4.78 is 6.68. The monoisotopic (exact) mass is 273 g/mol. The number of halogens is 1. The predicted octanol–water partition coefficient (Wildman–Crippen LogP) is 3.33.